The zero-order valence-corrected chi connectivity index (χ0v) is 12.9. The topological polar surface area (TPSA) is 34.1 Å². The molecule has 0 atom stereocenters. The van der Waals surface area contributed by atoms with E-state index in [2.05, 4.69) is 6.58 Å². The maximum Gasteiger partial charge on any atom is 0.182 e. The van der Waals surface area contributed by atoms with Gasteiger partial charge in [-0.1, -0.05) is 61.2 Å². The van der Waals surface area contributed by atoms with Crippen LogP contribution >= 0.6 is 0 Å². The van der Waals surface area contributed by atoms with Crippen molar-refractivity contribution in [3.8, 4) is 0 Å². The fraction of sp³-hybridized carbons (Fsp3) is 0.0526. The molecule has 0 spiro atoms. The van der Waals surface area contributed by atoms with Gasteiger partial charge in [0.2, 0.25) is 0 Å². The molecule has 0 heterocycles. The first-order valence-electron chi connectivity index (χ1n) is 7.01. The van der Waals surface area contributed by atoms with Gasteiger partial charge >= 0.3 is 0 Å². The van der Waals surface area contributed by atoms with Crippen LogP contribution in [0.3, 0.4) is 0 Å². The maximum absolute atomic E-state index is 12.4. The maximum atomic E-state index is 12.4. The van der Waals surface area contributed by atoms with Gasteiger partial charge < -0.3 is 0 Å². The second kappa shape index (κ2) is 5.78. The zero-order valence-electron chi connectivity index (χ0n) is 12.1. The average Bonchev–Trinajstić information content (AvgIpc) is 2.55. The van der Waals surface area contributed by atoms with Gasteiger partial charge in [-0.2, -0.15) is 0 Å². The summed E-state index contributed by atoms with van der Waals surface area (Å²) < 4.78 is 24.8. The van der Waals surface area contributed by atoms with Crippen molar-refractivity contribution in [3.63, 3.8) is 0 Å². The molecule has 0 amide bonds. The Bertz CT molecular complexity index is 926. The van der Waals surface area contributed by atoms with Crippen molar-refractivity contribution in [1.82, 2.24) is 0 Å². The van der Waals surface area contributed by atoms with Crippen LogP contribution in [0.5, 0.6) is 0 Å². The van der Waals surface area contributed by atoms with Crippen LogP contribution in [0.1, 0.15) is 5.56 Å². The predicted molar refractivity (Wildman–Crippen MR) is 91.5 cm³/mol. The Labute approximate surface area is 130 Å². The van der Waals surface area contributed by atoms with Crippen LogP contribution in [-0.2, 0) is 9.84 Å². The molecule has 3 aromatic carbocycles. The molecule has 0 bridgehead atoms. The first-order valence-corrected chi connectivity index (χ1v) is 8.66. The van der Waals surface area contributed by atoms with Crippen molar-refractivity contribution in [1.29, 1.82) is 0 Å². The highest BCUT2D eigenvalue weighted by Gasteiger charge is 2.16. The van der Waals surface area contributed by atoms with Gasteiger partial charge in [0.05, 0.1) is 10.6 Å². The lowest BCUT2D eigenvalue weighted by atomic mass is 10.0. The van der Waals surface area contributed by atoms with Crippen LogP contribution in [0.2, 0.25) is 0 Å². The van der Waals surface area contributed by atoms with Gasteiger partial charge in [0.1, 0.15) is 0 Å². The first-order chi connectivity index (χ1) is 10.6. The van der Waals surface area contributed by atoms with E-state index in [4.69, 9.17) is 0 Å². The highest BCUT2D eigenvalue weighted by atomic mass is 32.2. The largest absolute Gasteiger partial charge is 0.223 e. The van der Waals surface area contributed by atoms with Crippen molar-refractivity contribution in [2.45, 2.75) is 4.90 Å². The van der Waals surface area contributed by atoms with Gasteiger partial charge in [0, 0.05) is 0 Å². The summed E-state index contributed by atoms with van der Waals surface area (Å²) in [7, 11) is -3.36. The summed E-state index contributed by atoms with van der Waals surface area (Å²) in [4.78, 5) is 0.330. The molecule has 3 heteroatoms. The number of hydrogen-bond acceptors (Lipinski definition) is 2. The quantitative estimate of drug-likeness (QED) is 0.719. The van der Waals surface area contributed by atoms with E-state index in [1.807, 2.05) is 42.5 Å². The Balaban J connectivity index is 1.90. The molecule has 0 N–H and O–H groups in total. The third-order valence-electron chi connectivity index (χ3n) is 3.62. The predicted octanol–water partition coefficient (Wildman–Crippen LogP) is 4.33. The molecule has 3 aromatic rings. The number of hydrogen-bond donors (Lipinski definition) is 0. The van der Waals surface area contributed by atoms with Crippen molar-refractivity contribution in [2.24, 2.45) is 0 Å². The van der Waals surface area contributed by atoms with Crippen molar-refractivity contribution >= 4 is 26.2 Å². The fourth-order valence-corrected chi connectivity index (χ4v) is 3.80. The van der Waals surface area contributed by atoms with Crippen LogP contribution in [0.25, 0.3) is 16.3 Å². The molecule has 0 aliphatic heterocycles. The van der Waals surface area contributed by atoms with E-state index in [1.54, 1.807) is 30.3 Å². The highest BCUT2D eigenvalue weighted by Crippen LogP contribution is 2.23. The normalized spacial score (nSPS) is 11.5. The lowest BCUT2D eigenvalue weighted by Gasteiger charge is -2.09. The smallest absolute Gasteiger partial charge is 0.182 e. The van der Waals surface area contributed by atoms with E-state index in [1.165, 1.54) is 0 Å². The Morgan fingerprint density at radius 2 is 1.45 bits per heavy atom. The minimum atomic E-state index is -3.36. The SMILES string of the molecule is C=C(CS(=O)(=O)c1ccccc1)c1ccc2ccccc2c1. The van der Waals surface area contributed by atoms with Gasteiger partial charge in [0.25, 0.3) is 0 Å². The fourth-order valence-electron chi connectivity index (χ4n) is 2.43. The minimum absolute atomic E-state index is 0.0741. The average molecular weight is 308 g/mol. The van der Waals surface area contributed by atoms with Gasteiger partial charge in [-0.25, -0.2) is 8.42 Å². The minimum Gasteiger partial charge on any atom is -0.223 e. The third-order valence-corrected chi connectivity index (χ3v) is 5.34. The molecule has 0 saturated heterocycles. The Morgan fingerprint density at radius 1 is 0.818 bits per heavy atom. The van der Waals surface area contributed by atoms with Crippen molar-refractivity contribution < 1.29 is 8.42 Å². The molecule has 22 heavy (non-hydrogen) atoms. The zero-order chi connectivity index (χ0) is 15.6. The van der Waals surface area contributed by atoms with Gasteiger partial charge in [0.15, 0.2) is 9.84 Å². The van der Waals surface area contributed by atoms with Crippen LogP contribution in [-0.4, -0.2) is 14.2 Å². The number of fused-ring (bicyclic) bond motifs is 1. The molecule has 2 nitrogen and oxygen atoms in total. The Kier molecular flexibility index (Phi) is 3.82. The van der Waals surface area contributed by atoms with Crippen LogP contribution in [0.15, 0.2) is 84.3 Å². The second-order valence-electron chi connectivity index (χ2n) is 5.24. The molecular formula is C19H16O2S. The Hall–Kier alpha value is -2.39. The third kappa shape index (κ3) is 2.95. The first kappa shape index (κ1) is 14.5. The summed E-state index contributed by atoms with van der Waals surface area (Å²) >= 11 is 0. The molecule has 0 fully saturated rings. The van der Waals surface area contributed by atoms with Crippen molar-refractivity contribution in [3.05, 3.63) is 84.9 Å². The summed E-state index contributed by atoms with van der Waals surface area (Å²) in [5.41, 5.74) is 1.47. The molecule has 0 aliphatic carbocycles. The Morgan fingerprint density at radius 3 is 2.18 bits per heavy atom. The molecule has 3 rings (SSSR count). The summed E-state index contributed by atoms with van der Waals surface area (Å²) in [6.07, 6.45) is 0. The van der Waals surface area contributed by atoms with E-state index in [-0.39, 0.29) is 5.75 Å². The highest BCUT2D eigenvalue weighted by molar-refractivity contribution is 7.91. The molecule has 110 valence electrons. The van der Waals surface area contributed by atoms with E-state index >= 15 is 0 Å². The van der Waals surface area contributed by atoms with Crippen molar-refractivity contribution in [2.75, 3.05) is 5.75 Å². The van der Waals surface area contributed by atoms with E-state index in [0.29, 0.717) is 10.5 Å². The van der Waals surface area contributed by atoms with E-state index in [0.717, 1.165) is 16.3 Å². The standard InChI is InChI=1S/C19H16O2S/c1-15(14-22(20,21)19-9-3-2-4-10-19)17-12-11-16-7-5-6-8-18(16)13-17/h2-13H,1,14H2. The summed E-state index contributed by atoms with van der Waals surface area (Å²) in [5.74, 6) is -0.0741. The number of sulfone groups is 1. The van der Waals surface area contributed by atoms with Crippen LogP contribution in [0.4, 0.5) is 0 Å². The van der Waals surface area contributed by atoms with Crippen LogP contribution < -0.4 is 0 Å². The molecular weight excluding hydrogens is 292 g/mol. The molecule has 0 saturated carbocycles. The van der Waals surface area contributed by atoms with Crippen LogP contribution in [0, 0.1) is 0 Å². The lowest BCUT2D eigenvalue weighted by Crippen LogP contribution is -2.08. The number of benzene rings is 3. The van der Waals surface area contributed by atoms with E-state index in [9.17, 15) is 8.42 Å². The lowest BCUT2D eigenvalue weighted by molar-refractivity contribution is 0.599. The molecule has 0 unspecified atom stereocenters. The number of rotatable bonds is 4. The van der Waals surface area contributed by atoms with E-state index < -0.39 is 9.84 Å². The second-order valence-corrected chi connectivity index (χ2v) is 7.23. The molecule has 0 aromatic heterocycles. The van der Waals surface area contributed by atoms with Gasteiger partial charge in [-0.3, -0.25) is 0 Å². The summed E-state index contributed by atoms with van der Waals surface area (Å²) in [5, 5.41) is 2.21. The molecule has 0 radical (unpaired) electrons. The van der Waals surface area contributed by atoms with Gasteiger partial charge in [-0.05, 0) is 40.1 Å². The summed E-state index contributed by atoms with van der Waals surface area (Å²) in [6, 6.07) is 22.4. The summed E-state index contributed by atoms with van der Waals surface area (Å²) in [6.45, 7) is 3.96. The monoisotopic (exact) mass is 308 g/mol. The van der Waals surface area contributed by atoms with Gasteiger partial charge in [-0.15, -0.1) is 0 Å². The molecule has 0 aliphatic rings.